The maximum Gasteiger partial charge on any atom is 0.416 e. The van der Waals surface area contributed by atoms with Crippen LogP contribution in [0.5, 0.6) is 5.75 Å². The number of ether oxygens (including phenoxy) is 1. The monoisotopic (exact) mass is 299 g/mol. The topological polar surface area (TPSA) is 35.2 Å². The summed E-state index contributed by atoms with van der Waals surface area (Å²) in [6.45, 7) is -0.184. The average Bonchev–Trinajstić information content (AvgIpc) is 2.44. The van der Waals surface area contributed by atoms with Crippen LogP contribution >= 0.6 is 0 Å². The predicted molar refractivity (Wildman–Crippen MR) is 70.3 cm³/mol. The molecule has 2 aromatic rings. The second-order valence-corrected chi connectivity index (χ2v) is 4.46. The van der Waals surface area contributed by atoms with Crippen LogP contribution < -0.4 is 10.5 Å². The number of hydrogen-bond acceptors (Lipinski definition) is 2. The molecule has 2 nitrogen and oxygen atoms in total. The summed E-state index contributed by atoms with van der Waals surface area (Å²) < 4.78 is 56.8. The summed E-state index contributed by atoms with van der Waals surface area (Å²) in [6.07, 6.45) is -4.48. The van der Waals surface area contributed by atoms with Crippen LogP contribution in [0.4, 0.5) is 17.6 Å². The number of nitrogens with two attached hydrogens (primary N) is 1. The SMILES string of the molecule is NC(COc1cccc(F)c1)c1ccccc1C(F)(F)F. The smallest absolute Gasteiger partial charge is 0.416 e. The molecule has 2 N–H and O–H groups in total. The van der Waals surface area contributed by atoms with Gasteiger partial charge in [0, 0.05) is 6.07 Å². The van der Waals surface area contributed by atoms with E-state index in [9.17, 15) is 17.6 Å². The molecule has 2 rings (SSSR count). The molecule has 0 saturated heterocycles. The predicted octanol–water partition coefficient (Wildman–Crippen LogP) is 3.92. The number of alkyl halides is 3. The van der Waals surface area contributed by atoms with Gasteiger partial charge in [-0.1, -0.05) is 24.3 Å². The molecule has 0 saturated carbocycles. The molecule has 0 aliphatic carbocycles. The number of halogens is 4. The highest BCUT2D eigenvalue weighted by molar-refractivity contribution is 5.32. The van der Waals surface area contributed by atoms with Crippen molar-refractivity contribution in [3.05, 3.63) is 65.5 Å². The molecule has 6 heteroatoms. The summed E-state index contributed by atoms with van der Waals surface area (Å²) in [5.74, 6) is -0.272. The zero-order valence-corrected chi connectivity index (χ0v) is 10.9. The first kappa shape index (κ1) is 15.3. The number of rotatable bonds is 4. The largest absolute Gasteiger partial charge is 0.492 e. The fourth-order valence-corrected chi connectivity index (χ4v) is 1.91. The Labute approximate surface area is 119 Å². The van der Waals surface area contributed by atoms with Crippen LogP contribution in [0, 0.1) is 5.82 Å². The molecule has 0 bridgehead atoms. The van der Waals surface area contributed by atoms with Gasteiger partial charge in [-0.05, 0) is 23.8 Å². The van der Waals surface area contributed by atoms with Gasteiger partial charge in [0.05, 0.1) is 11.6 Å². The molecule has 0 spiro atoms. The van der Waals surface area contributed by atoms with E-state index in [1.807, 2.05) is 0 Å². The first-order valence-electron chi connectivity index (χ1n) is 6.18. The Balaban J connectivity index is 2.12. The fraction of sp³-hybridized carbons (Fsp3) is 0.200. The minimum absolute atomic E-state index is 0.0543. The quantitative estimate of drug-likeness (QED) is 0.868. The molecule has 0 amide bonds. The van der Waals surface area contributed by atoms with Gasteiger partial charge in [0.25, 0.3) is 0 Å². The van der Waals surface area contributed by atoms with Gasteiger partial charge < -0.3 is 10.5 Å². The Hall–Kier alpha value is -2.08. The van der Waals surface area contributed by atoms with Crippen LogP contribution in [0.1, 0.15) is 17.2 Å². The van der Waals surface area contributed by atoms with Gasteiger partial charge in [0.2, 0.25) is 0 Å². The Morgan fingerprint density at radius 2 is 1.76 bits per heavy atom. The van der Waals surface area contributed by atoms with E-state index in [2.05, 4.69) is 0 Å². The lowest BCUT2D eigenvalue weighted by atomic mass is 10.0. The Morgan fingerprint density at radius 3 is 2.43 bits per heavy atom. The standard InChI is InChI=1S/C15H13F4NO/c16-10-4-3-5-11(8-10)21-9-14(20)12-6-1-2-7-13(12)15(17,18)19/h1-8,14H,9,20H2. The third kappa shape index (κ3) is 3.95. The van der Waals surface area contributed by atoms with Gasteiger partial charge in [0.1, 0.15) is 18.2 Å². The fourth-order valence-electron chi connectivity index (χ4n) is 1.91. The maximum absolute atomic E-state index is 13.0. The van der Waals surface area contributed by atoms with Gasteiger partial charge in [-0.15, -0.1) is 0 Å². The van der Waals surface area contributed by atoms with Crippen molar-refractivity contribution in [3.8, 4) is 5.75 Å². The molecule has 0 fully saturated rings. The number of benzene rings is 2. The molecule has 21 heavy (non-hydrogen) atoms. The van der Waals surface area contributed by atoms with Crippen molar-refractivity contribution < 1.29 is 22.3 Å². The molecule has 2 aromatic carbocycles. The van der Waals surface area contributed by atoms with Crippen LogP contribution in [-0.2, 0) is 6.18 Å². The zero-order valence-electron chi connectivity index (χ0n) is 10.9. The highest BCUT2D eigenvalue weighted by Gasteiger charge is 2.34. The Morgan fingerprint density at radius 1 is 1.05 bits per heavy atom. The van der Waals surface area contributed by atoms with Crippen molar-refractivity contribution in [3.63, 3.8) is 0 Å². The van der Waals surface area contributed by atoms with Gasteiger partial charge in [-0.25, -0.2) is 4.39 Å². The molecular formula is C15H13F4NO. The van der Waals surface area contributed by atoms with Gasteiger partial charge in [0.15, 0.2) is 0 Å². The van der Waals surface area contributed by atoms with Crippen molar-refractivity contribution in [1.29, 1.82) is 0 Å². The summed E-state index contributed by atoms with van der Waals surface area (Å²) in [4.78, 5) is 0. The normalized spacial score (nSPS) is 13.0. The van der Waals surface area contributed by atoms with Crippen molar-refractivity contribution in [2.45, 2.75) is 12.2 Å². The van der Waals surface area contributed by atoms with E-state index < -0.39 is 23.6 Å². The summed E-state index contributed by atoms with van der Waals surface area (Å²) in [6, 6.07) is 9.42. The lowest BCUT2D eigenvalue weighted by Crippen LogP contribution is -2.23. The van der Waals surface area contributed by atoms with Crippen molar-refractivity contribution in [2.24, 2.45) is 5.73 Å². The minimum atomic E-state index is -4.48. The zero-order chi connectivity index (χ0) is 15.5. The van der Waals surface area contributed by atoms with Gasteiger partial charge in [-0.2, -0.15) is 13.2 Å². The van der Waals surface area contributed by atoms with E-state index in [0.29, 0.717) is 0 Å². The van der Waals surface area contributed by atoms with Crippen LogP contribution in [0.25, 0.3) is 0 Å². The molecule has 0 heterocycles. The van der Waals surface area contributed by atoms with Crippen molar-refractivity contribution >= 4 is 0 Å². The second kappa shape index (κ2) is 6.13. The molecule has 0 aromatic heterocycles. The van der Waals surface area contributed by atoms with E-state index in [0.717, 1.165) is 12.1 Å². The molecule has 112 valence electrons. The van der Waals surface area contributed by atoms with Crippen LogP contribution in [0.2, 0.25) is 0 Å². The molecular weight excluding hydrogens is 286 g/mol. The van der Waals surface area contributed by atoms with Crippen molar-refractivity contribution in [1.82, 2.24) is 0 Å². The van der Waals surface area contributed by atoms with Crippen LogP contribution in [0.15, 0.2) is 48.5 Å². The lowest BCUT2D eigenvalue weighted by molar-refractivity contribution is -0.138. The summed E-state index contributed by atoms with van der Waals surface area (Å²) >= 11 is 0. The first-order chi connectivity index (χ1) is 9.88. The Kier molecular flexibility index (Phi) is 4.47. The highest BCUT2D eigenvalue weighted by atomic mass is 19.4. The highest BCUT2D eigenvalue weighted by Crippen LogP contribution is 2.34. The average molecular weight is 299 g/mol. The van der Waals surface area contributed by atoms with Crippen molar-refractivity contribution in [2.75, 3.05) is 6.61 Å². The number of hydrogen-bond donors (Lipinski definition) is 1. The Bertz CT molecular complexity index is 613. The van der Waals surface area contributed by atoms with E-state index in [4.69, 9.17) is 10.5 Å². The molecule has 0 aliphatic rings. The summed E-state index contributed by atoms with van der Waals surface area (Å²) in [5, 5.41) is 0. The third-order valence-corrected chi connectivity index (χ3v) is 2.89. The first-order valence-corrected chi connectivity index (χ1v) is 6.18. The maximum atomic E-state index is 13.0. The third-order valence-electron chi connectivity index (χ3n) is 2.89. The van der Waals surface area contributed by atoms with Gasteiger partial charge in [-0.3, -0.25) is 0 Å². The van der Waals surface area contributed by atoms with Crippen LogP contribution in [0.3, 0.4) is 0 Å². The summed E-state index contributed by atoms with van der Waals surface area (Å²) in [5.41, 5.74) is 4.91. The van der Waals surface area contributed by atoms with E-state index in [1.54, 1.807) is 0 Å². The minimum Gasteiger partial charge on any atom is -0.492 e. The second-order valence-electron chi connectivity index (χ2n) is 4.46. The van der Waals surface area contributed by atoms with E-state index in [1.165, 1.54) is 36.4 Å². The lowest BCUT2D eigenvalue weighted by Gasteiger charge is -2.18. The van der Waals surface area contributed by atoms with Crippen LogP contribution in [-0.4, -0.2) is 6.61 Å². The molecule has 1 unspecified atom stereocenters. The van der Waals surface area contributed by atoms with Gasteiger partial charge >= 0.3 is 6.18 Å². The molecule has 0 aliphatic heterocycles. The van der Waals surface area contributed by atoms with E-state index in [-0.39, 0.29) is 17.9 Å². The summed E-state index contributed by atoms with van der Waals surface area (Å²) in [7, 11) is 0. The molecule has 1 atom stereocenters. The molecule has 0 radical (unpaired) electrons. The van der Waals surface area contributed by atoms with E-state index >= 15 is 0 Å².